The Morgan fingerprint density at radius 3 is 2.85 bits per heavy atom. The lowest BCUT2D eigenvalue weighted by Gasteiger charge is -2.13. The summed E-state index contributed by atoms with van der Waals surface area (Å²) in [5.41, 5.74) is 5.86. The summed E-state index contributed by atoms with van der Waals surface area (Å²) >= 11 is 1.59. The van der Waals surface area contributed by atoms with Crippen LogP contribution in [0, 0.1) is 10.1 Å². The highest BCUT2D eigenvalue weighted by molar-refractivity contribution is 7.98. The van der Waals surface area contributed by atoms with E-state index < -0.39 is 16.9 Å². The van der Waals surface area contributed by atoms with Gasteiger partial charge in [-0.2, -0.15) is 11.8 Å². The smallest absolute Gasteiger partial charge is 0.271 e. The molecule has 7 nitrogen and oxygen atoms in total. The molecule has 0 unspecified atom stereocenters. The molecule has 1 aromatic carbocycles. The number of nitrogens with one attached hydrogen (secondary N) is 1. The Balaban J connectivity index is 2.86. The molecule has 0 bridgehead atoms. The van der Waals surface area contributed by atoms with Crippen LogP contribution in [0.25, 0.3) is 0 Å². The van der Waals surface area contributed by atoms with E-state index in [1.165, 1.54) is 25.3 Å². The fourth-order valence-electron chi connectivity index (χ4n) is 1.51. The second-order valence-electron chi connectivity index (χ2n) is 4.02. The number of ether oxygens (including phenoxy) is 1. The third-order valence-electron chi connectivity index (χ3n) is 2.62. The number of carbonyl (C=O) groups excluding carboxylic acids is 1. The van der Waals surface area contributed by atoms with Crippen LogP contribution < -0.4 is 15.8 Å². The number of hydrogen-bond acceptors (Lipinski definition) is 6. The molecule has 1 rings (SSSR count). The van der Waals surface area contributed by atoms with Crippen LogP contribution in [-0.2, 0) is 4.79 Å². The number of nitro benzene ring substituents is 1. The number of nitrogens with zero attached hydrogens (tertiary/aromatic N) is 1. The van der Waals surface area contributed by atoms with Gasteiger partial charge in [-0.15, -0.1) is 0 Å². The summed E-state index contributed by atoms with van der Waals surface area (Å²) in [4.78, 5) is 22.1. The van der Waals surface area contributed by atoms with Crippen molar-refractivity contribution in [3.63, 3.8) is 0 Å². The topological polar surface area (TPSA) is 107 Å². The predicted octanol–water partition coefficient (Wildman–Crippen LogP) is 1.62. The van der Waals surface area contributed by atoms with E-state index >= 15 is 0 Å². The van der Waals surface area contributed by atoms with Gasteiger partial charge >= 0.3 is 0 Å². The highest BCUT2D eigenvalue weighted by Gasteiger charge is 2.17. The highest BCUT2D eigenvalue weighted by atomic mass is 32.2. The summed E-state index contributed by atoms with van der Waals surface area (Å²) in [6.45, 7) is 0. The second-order valence-corrected chi connectivity index (χ2v) is 5.00. The van der Waals surface area contributed by atoms with Gasteiger partial charge in [0.2, 0.25) is 5.91 Å². The van der Waals surface area contributed by atoms with Crippen LogP contribution in [0.15, 0.2) is 18.2 Å². The summed E-state index contributed by atoms with van der Waals surface area (Å²) in [7, 11) is 1.42. The summed E-state index contributed by atoms with van der Waals surface area (Å²) in [5.74, 6) is 0.722. The van der Waals surface area contributed by atoms with E-state index in [0.717, 1.165) is 5.75 Å². The molecule has 110 valence electrons. The number of nitrogens with two attached hydrogens (primary N) is 1. The van der Waals surface area contributed by atoms with Gasteiger partial charge in [0.1, 0.15) is 5.75 Å². The Hall–Kier alpha value is -1.80. The minimum absolute atomic E-state index is 0.126. The van der Waals surface area contributed by atoms with Gasteiger partial charge in [0.25, 0.3) is 5.69 Å². The number of carbonyl (C=O) groups is 1. The van der Waals surface area contributed by atoms with Gasteiger partial charge in [0.05, 0.1) is 23.8 Å². The van der Waals surface area contributed by atoms with Gasteiger partial charge in [-0.05, 0) is 24.5 Å². The zero-order chi connectivity index (χ0) is 15.1. The zero-order valence-corrected chi connectivity index (χ0v) is 12.1. The van der Waals surface area contributed by atoms with Crippen molar-refractivity contribution in [3.05, 3.63) is 28.3 Å². The fraction of sp³-hybridized carbons (Fsp3) is 0.417. The molecule has 0 saturated heterocycles. The Morgan fingerprint density at radius 2 is 2.30 bits per heavy atom. The molecule has 0 heterocycles. The van der Waals surface area contributed by atoms with Gasteiger partial charge in [-0.1, -0.05) is 0 Å². The van der Waals surface area contributed by atoms with E-state index in [1.54, 1.807) is 11.8 Å². The van der Waals surface area contributed by atoms with Crippen LogP contribution in [-0.4, -0.2) is 36.0 Å². The maximum atomic E-state index is 11.9. The van der Waals surface area contributed by atoms with Gasteiger partial charge < -0.3 is 15.8 Å². The van der Waals surface area contributed by atoms with E-state index in [-0.39, 0.29) is 11.4 Å². The van der Waals surface area contributed by atoms with Crippen molar-refractivity contribution in [2.24, 2.45) is 5.73 Å². The molecule has 3 N–H and O–H groups in total. The number of nitro groups is 1. The quantitative estimate of drug-likeness (QED) is 0.585. The van der Waals surface area contributed by atoms with Crippen molar-refractivity contribution >= 4 is 29.0 Å². The van der Waals surface area contributed by atoms with Crippen LogP contribution in [0.3, 0.4) is 0 Å². The Morgan fingerprint density at radius 1 is 1.60 bits per heavy atom. The van der Waals surface area contributed by atoms with Crippen LogP contribution in [0.1, 0.15) is 6.42 Å². The third-order valence-corrected chi connectivity index (χ3v) is 3.27. The molecule has 0 aliphatic carbocycles. The molecule has 20 heavy (non-hydrogen) atoms. The highest BCUT2D eigenvalue weighted by Crippen LogP contribution is 2.28. The molecule has 0 fully saturated rings. The maximum absolute atomic E-state index is 11.9. The van der Waals surface area contributed by atoms with Gasteiger partial charge in [0, 0.05) is 12.1 Å². The number of methoxy groups -OCH3 is 1. The van der Waals surface area contributed by atoms with Gasteiger partial charge in [0.15, 0.2) is 0 Å². The SMILES string of the molecule is COc1ccc([N+](=O)[O-])cc1NC(=O)[C@H](N)CCSC. The number of benzene rings is 1. The lowest BCUT2D eigenvalue weighted by Crippen LogP contribution is -2.36. The molecule has 0 aliphatic heterocycles. The minimum atomic E-state index is -0.661. The Bertz CT molecular complexity index is 496. The van der Waals surface area contributed by atoms with E-state index in [0.29, 0.717) is 12.2 Å². The largest absolute Gasteiger partial charge is 0.495 e. The van der Waals surface area contributed by atoms with Crippen LogP contribution in [0.2, 0.25) is 0 Å². The number of rotatable bonds is 7. The monoisotopic (exact) mass is 299 g/mol. The summed E-state index contributed by atoms with van der Waals surface area (Å²) in [5, 5.41) is 13.3. The number of hydrogen-bond donors (Lipinski definition) is 2. The normalized spacial score (nSPS) is 11.8. The fourth-order valence-corrected chi connectivity index (χ4v) is 2.00. The average molecular weight is 299 g/mol. The molecule has 1 atom stereocenters. The van der Waals surface area contributed by atoms with Crippen LogP contribution >= 0.6 is 11.8 Å². The summed E-state index contributed by atoms with van der Waals surface area (Å²) in [6, 6.07) is 3.33. The lowest BCUT2D eigenvalue weighted by molar-refractivity contribution is -0.384. The molecule has 0 aromatic heterocycles. The first kappa shape index (κ1) is 16.3. The van der Waals surface area contributed by atoms with Gasteiger partial charge in [-0.25, -0.2) is 0 Å². The standard InChI is InChI=1S/C12H17N3O4S/c1-19-11-4-3-8(15(17)18)7-10(11)14-12(16)9(13)5-6-20-2/h3-4,7,9H,5-6,13H2,1-2H3,(H,14,16)/t9-/m1/s1. The molecule has 0 aliphatic rings. The number of amides is 1. The molecule has 8 heteroatoms. The van der Waals surface area contributed by atoms with Crippen LogP contribution in [0.5, 0.6) is 5.75 Å². The molecular weight excluding hydrogens is 282 g/mol. The van der Waals surface area contributed by atoms with E-state index in [4.69, 9.17) is 10.5 Å². The van der Waals surface area contributed by atoms with Crippen molar-refractivity contribution < 1.29 is 14.5 Å². The van der Waals surface area contributed by atoms with Crippen LogP contribution in [0.4, 0.5) is 11.4 Å². The summed E-state index contributed by atoms with van der Waals surface area (Å²) in [6.07, 6.45) is 2.46. The first-order valence-corrected chi connectivity index (χ1v) is 7.26. The van der Waals surface area contributed by atoms with Crippen molar-refractivity contribution in [2.75, 3.05) is 24.4 Å². The number of non-ortho nitro benzene ring substituents is 1. The number of thioether (sulfide) groups is 1. The molecule has 0 radical (unpaired) electrons. The van der Waals surface area contributed by atoms with E-state index in [9.17, 15) is 14.9 Å². The van der Waals surface area contributed by atoms with Crippen molar-refractivity contribution in [1.82, 2.24) is 0 Å². The second kappa shape index (κ2) is 7.71. The maximum Gasteiger partial charge on any atom is 0.271 e. The Kier molecular flexibility index (Phi) is 6.26. The van der Waals surface area contributed by atoms with E-state index in [1.807, 2.05) is 6.26 Å². The molecular formula is C12H17N3O4S. The third kappa shape index (κ3) is 4.39. The van der Waals surface area contributed by atoms with Crippen molar-refractivity contribution in [2.45, 2.75) is 12.5 Å². The van der Waals surface area contributed by atoms with Crippen molar-refractivity contribution in [3.8, 4) is 5.75 Å². The lowest BCUT2D eigenvalue weighted by atomic mass is 10.2. The first-order chi connectivity index (χ1) is 9.49. The summed E-state index contributed by atoms with van der Waals surface area (Å²) < 4.78 is 5.06. The minimum Gasteiger partial charge on any atom is -0.495 e. The van der Waals surface area contributed by atoms with Gasteiger partial charge in [-0.3, -0.25) is 14.9 Å². The molecule has 1 amide bonds. The molecule has 0 spiro atoms. The van der Waals surface area contributed by atoms with Crippen molar-refractivity contribution in [1.29, 1.82) is 0 Å². The van der Waals surface area contributed by atoms with E-state index in [2.05, 4.69) is 5.32 Å². The average Bonchev–Trinajstić information content (AvgIpc) is 2.44. The molecule has 0 saturated carbocycles. The number of anilines is 1. The Labute approximate surface area is 121 Å². The zero-order valence-electron chi connectivity index (χ0n) is 11.3. The molecule has 1 aromatic rings. The first-order valence-electron chi connectivity index (χ1n) is 5.87. The predicted molar refractivity (Wildman–Crippen MR) is 79.3 cm³/mol.